The summed E-state index contributed by atoms with van der Waals surface area (Å²) >= 11 is 0. The number of carbonyl (C=O) groups is 1. The van der Waals surface area contributed by atoms with Crippen LogP contribution in [0.15, 0.2) is 42.5 Å². The zero-order valence-electron chi connectivity index (χ0n) is 16.7. The summed E-state index contributed by atoms with van der Waals surface area (Å²) in [7, 11) is 0. The first kappa shape index (κ1) is 19.6. The Morgan fingerprint density at radius 1 is 1.07 bits per heavy atom. The second-order valence-electron chi connectivity index (χ2n) is 8.07. The molecule has 1 saturated carbocycles. The molecule has 144 valence electrons. The SMILES string of the molecule is Cc1cccc(C(O)C(=O)NCC2CCC(c3cccc(C)c3C)CC2)c1. The van der Waals surface area contributed by atoms with Gasteiger partial charge in [-0.1, -0.05) is 48.0 Å². The second-order valence-corrected chi connectivity index (χ2v) is 8.07. The Balaban J connectivity index is 1.49. The molecule has 3 nitrogen and oxygen atoms in total. The summed E-state index contributed by atoms with van der Waals surface area (Å²) in [6, 6.07) is 14.1. The molecule has 0 heterocycles. The average molecular weight is 366 g/mol. The molecule has 3 rings (SSSR count). The lowest BCUT2D eigenvalue weighted by Gasteiger charge is -2.30. The minimum absolute atomic E-state index is 0.294. The zero-order valence-corrected chi connectivity index (χ0v) is 16.7. The molecule has 0 spiro atoms. The number of hydrogen-bond donors (Lipinski definition) is 2. The number of aryl methyl sites for hydroxylation is 2. The molecule has 2 aromatic rings. The number of benzene rings is 2. The lowest BCUT2D eigenvalue weighted by molar-refractivity contribution is -0.129. The highest BCUT2D eigenvalue weighted by Crippen LogP contribution is 2.37. The number of aliphatic hydroxyl groups is 1. The molecule has 0 saturated heterocycles. The van der Waals surface area contributed by atoms with Gasteiger partial charge in [-0.3, -0.25) is 4.79 Å². The van der Waals surface area contributed by atoms with Crippen molar-refractivity contribution in [3.05, 3.63) is 70.3 Å². The molecular formula is C24H31NO2. The van der Waals surface area contributed by atoms with Crippen molar-refractivity contribution < 1.29 is 9.90 Å². The third-order valence-corrected chi connectivity index (χ3v) is 6.10. The number of aliphatic hydroxyl groups excluding tert-OH is 1. The highest BCUT2D eigenvalue weighted by Gasteiger charge is 2.25. The Hall–Kier alpha value is -2.13. The van der Waals surface area contributed by atoms with Crippen LogP contribution in [0.1, 0.15) is 65.5 Å². The van der Waals surface area contributed by atoms with E-state index in [4.69, 9.17) is 0 Å². The van der Waals surface area contributed by atoms with Crippen LogP contribution in [0.5, 0.6) is 0 Å². The molecule has 1 unspecified atom stereocenters. The molecule has 27 heavy (non-hydrogen) atoms. The fraction of sp³-hybridized carbons (Fsp3) is 0.458. The molecule has 0 bridgehead atoms. The lowest BCUT2D eigenvalue weighted by Crippen LogP contribution is -2.34. The minimum atomic E-state index is -1.09. The number of hydrogen-bond acceptors (Lipinski definition) is 2. The monoisotopic (exact) mass is 365 g/mol. The fourth-order valence-electron chi connectivity index (χ4n) is 4.23. The van der Waals surface area contributed by atoms with Gasteiger partial charge in [0, 0.05) is 6.54 Å². The number of rotatable bonds is 5. The Morgan fingerprint density at radius 3 is 2.48 bits per heavy atom. The topological polar surface area (TPSA) is 49.3 Å². The quantitative estimate of drug-likeness (QED) is 0.804. The van der Waals surface area contributed by atoms with Crippen LogP contribution >= 0.6 is 0 Å². The molecule has 3 heteroatoms. The smallest absolute Gasteiger partial charge is 0.253 e. The molecule has 1 fully saturated rings. The molecule has 2 aromatic carbocycles. The van der Waals surface area contributed by atoms with Crippen molar-refractivity contribution in [3.63, 3.8) is 0 Å². The van der Waals surface area contributed by atoms with Crippen molar-refractivity contribution in [2.75, 3.05) is 6.54 Å². The molecular weight excluding hydrogens is 334 g/mol. The maximum absolute atomic E-state index is 12.3. The van der Waals surface area contributed by atoms with E-state index in [0.29, 0.717) is 23.9 Å². The van der Waals surface area contributed by atoms with Crippen molar-refractivity contribution in [2.45, 2.75) is 58.5 Å². The number of nitrogens with one attached hydrogen (secondary N) is 1. The Labute approximate surface area is 162 Å². The van der Waals surface area contributed by atoms with Crippen LogP contribution in [0.4, 0.5) is 0 Å². The molecule has 1 aliphatic rings. The molecule has 0 aliphatic heterocycles. The van der Waals surface area contributed by atoms with E-state index in [-0.39, 0.29) is 5.91 Å². The standard InChI is InChI=1S/C24H31NO2/c1-16-6-4-8-21(14-16)23(26)24(27)25-15-19-10-12-20(13-11-19)22-9-5-7-17(2)18(22)3/h4-9,14,19-20,23,26H,10-13,15H2,1-3H3,(H,25,27). The molecule has 2 N–H and O–H groups in total. The van der Waals surface area contributed by atoms with Gasteiger partial charge in [0.15, 0.2) is 6.10 Å². The van der Waals surface area contributed by atoms with E-state index in [2.05, 4.69) is 37.4 Å². The zero-order chi connectivity index (χ0) is 19.4. The van der Waals surface area contributed by atoms with Gasteiger partial charge >= 0.3 is 0 Å². The molecule has 0 radical (unpaired) electrons. The summed E-state index contributed by atoms with van der Waals surface area (Å²) < 4.78 is 0. The minimum Gasteiger partial charge on any atom is -0.378 e. The summed E-state index contributed by atoms with van der Waals surface area (Å²) in [5.74, 6) is 0.840. The second kappa shape index (κ2) is 8.71. The van der Waals surface area contributed by atoms with E-state index in [1.807, 2.05) is 25.1 Å². The van der Waals surface area contributed by atoms with E-state index < -0.39 is 6.10 Å². The van der Waals surface area contributed by atoms with Crippen LogP contribution in [-0.2, 0) is 4.79 Å². The molecule has 1 aliphatic carbocycles. The first-order chi connectivity index (χ1) is 13.0. The van der Waals surface area contributed by atoms with Crippen LogP contribution in [0.3, 0.4) is 0 Å². The van der Waals surface area contributed by atoms with Crippen molar-refractivity contribution in [1.29, 1.82) is 0 Å². The first-order valence-electron chi connectivity index (χ1n) is 10.0. The van der Waals surface area contributed by atoms with Gasteiger partial charge in [-0.05, 0) is 80.5 Å². The summed E-state index contributed by atoms with van der Waals surface area (Å²) in [4.78, 5) is 12.3. The van der Waals surface area contributed by atoms with Crippen LogP contribution in [0, 0.1) is 26.7 Å². The van der Waals surface area contributed by atoms with Crippen molar-refractivity contribution in [2.24, 2.45) is 5.92 Å². The van der Waals surface area contributed by atoms with Crippen molar-refractivity contribution >= 4 is 5.91 Å². The summed E-state index contributed by atoms with van der Waals surface area (Å²) in [5, 5.41) is 13.2. The molecule has 0 aromatic heterocycles. The van der Waals surface area contributed by atoms with Crippen LogP contribution in [0.2, 0.25) is 0 Å². The Bertz CT molecular complexity index is 791. The van der Waals surface area contributed by atoms with E-state index >= 15 is 0 Å². The van der Waals surface area contributed by atoms with Crippen molar-refractivity contribution in [1.82, 2.24) is 5.32 Å². The summed E-state index contributed by atoms with van der Waals surface area (Å²) in [5.41, 5.74) is 5.99. The third-order valence-electron chi connectivity index (χ3n) is 6.10. The van der Waals surface area contributed by atoms with Crippen LogP contribution in [0.25, 0.3) is 0 Å². The lowest BCUT2D eigenvalue weighted by atomic mass is 9.77. The predicted octanol–water partition coefficient (Wildman–Crippen LogP) is 4.74. The largest absolute Gasteiger partial charge is 0.378 e. The third kappa shape index (κ3) is 4.78. The Kier molecular flexibility index (Phi) is 6.33. The normalized spacial score (nSPS) is 20.9. The highest BCUT2D eigenvalue weighted by molar-refractivity contribution is 5.81. The van der Waals surface area contributed by atoms with E-state index in [9.17, 15) is 9.90 Å². The Morgan fingerprint density at radius 2 is 1.78 bits per heavy atom. The van der Waals surface area contributed by atoms with Gasteiger partial charge in [0.2, 0.25) is 0 Å². The maximum Gasteiger partial charge on any atom is 0.253 e. The van der Waals surface area contributed by atoms with Crippen molar-refractivity contribution in [3.8, 4) is 0 Å². The van der Waals surface area contributed by atoms with E-state index in [0.717, 1.165) is 18.4 Å². The van der Waals surface area contributed by atoms with Gasteiger partial charge in [-0.2, -0.15) is 0 Å². The van der Waals surface area contributed by atoms with E-state index in [1.165, 1.54) is 29.5 Å². The summed E-state index contributed by atoms with van der Waals surface area (Å²) in [6.45, 7) is 7.02. The predicted molar refractivity (Wildman–Crippen MR) is 110 cm³/mol. The van der Waals surface area contributed by atoms with Gasteiger partial charge in [-0.15, -0.1) is 0 Å². The van der Waals surface area contributed by atoms with E-state index in [1.54, 1.807) is 6.07 Å². The van der Waals surface area contributed by atoms with Gasteiger partial charge in [-0.25, -0.2) is 0 Å². The highest BCUT2D eigenvalue weighted by atomic mass is 16.3. The number of amides is 1. The molecule has 1 atom stereocenters. The summed E-state index contributed by atoms with van der Waals surface area (Å²) in [6.07, 6.45) is 3.50. The fourth-order valence-corrected chi connectivity index (χ4v) is 4.23. The number of carbonyl (C=O) groups excluding carboxylic acids is 1. The van der Waals surface area contributed by atoms with Gasteiger partial charge < -0.3 is 10.4 Å². The van der Waals surface area contributed by atoms with Crippen LogP contribution in [-0.4, -0.2) is 17.6 Å². The van der Waals surface area contributed by atoms with Gasteiger partial charge in [0.1, 0.15) is 0 Å². The van der Waals surface area contributed by atoms with Crippen LogP contribution < -0.4 is 5.32 Å². The molecule has 1 amide bonds. The van der Waals surface area contributed by atoms with Gasteiger partial charge in [0.05, 0.1) is 0 Å². The first-order valence-corrected chi connectivity index (χ1v) is 10.0. The average Bonchev–Trinajstić information content (AvgIpc) is 2.68. The maximum atomic E-state index is 12.3. The van der Waals surface area contributed by atoms with Gasteiger partial charge in [0.25, 0.3) is 5.91 Å².